The van der Waals surface area contributed by atoms with Gasteiger partial charge in [0.25, 0.3) is 0 Å². The van der Waals surface area contributed by atoms with Crippen molar-refractivity contribution in [1.82, 2.24) is 0 Å². The number of ether oxygens (including phenoxy) is 1. The number of carbonyl (C=O) groups is 1. The van der Waals surface area contributed by atoms with Crippen LogP contribution in [-0.2, 0) is 15.7 Å². The Morgan fingerprint density at radius 1 is 1.38 bits per heavy atom. The summed E-state index contributed by atoms with van der Waals surface area (Å²) in [5.41, 5.74) is 3.17. The Bertz CT molecular complexity index is 495. The number of carbonyl (C=O) groups excluding carboxylic acids is 1. The maximum Gasteiger partial charge on any atom is 0.416 e. The Kier molecular flexibility index (Phi) is 7.05. The molecule has 0 aliphatic rings. The van der Waals surface area contributed by atoms with Crippen LogP contribution < -0.4 is 5.73 Å². The van der Waals surface area contributed by atoms with Crippen molar-refractivity contribution in [2.24, 2.45) is 5.73 Å². The zero-order valence-electron chi connectivity index (χ0n) is 10.8. The third-order valence-electron chi connectivity index (χ3n) is 2.51. The van der Waals surface area contributed by atoms with E-state index in [1.165, 1.54) is 6.92 Å². The van der Waals surface area contributed by atoms with Gasteiger partial charge in [-0.3, -0.25) is 0 Å². The molecule has 0 saturated heterocycles. The topological polar surface area (TPSA) is 52.3 Å². The van der Waals surface area contributed by atoms with Crippen molar-refractivity contribution in [2.45, 2.75) is 25.3 Å². The van der Waals surface area contributed by atoms with Gasteiger partial charge in [-0.1, -0.05) is 0 Å². The Balaban J connectivity index is 0.00000400. The van der Waals surface area contributed by atoms with Gasteiger partial charge in [0.2, 0.25) is 6.17 Å². The normalized spacial score (nSPS) is 14.0. The quantitative estimate of drug-likeness (QED) is 0.680. The van der Waals surface area contributed by atoms with Crippen molar-refractivity contribution in [3.63, 3.8) is 0 Å². The molecule has 1 aromatic rings. The van der Waals surface area contributed by atoms with Crippen LogP contribution in [0, 0.1) is 5.82 Å². The molecule has 21 heavy (non-hydrogen) atoms. The second-order valence-corrected chi connectivity index (χ2v) is 3.91. The van der Waals surface area contributed by atoms with Crippen molar-refractivity contribution in [3.05, 3.63) is 35.1 Å². The molecule has 1 rings (SSSR count). The van der Waals surface area contributed by atoms with Crippen molar-refractivity contribution < 1.29 is 31.5 Å². The minimum Gasteiger partial charge on any atom is -0.464 e. The lowest BCUT2D eigenvalue weighted by Crippen LogP contribution is -2.33. The number of alkyl halides is 4. The van der Waals surface area contributed by atoms with Crippen LogP contribution in [0.15, 0.2) is 18.2 Å². The average Bonchev–Trinajstić information content (AvgIpc) is 2.35. The first-order valence-electron chi connectivity index (χ1n) is 5.61. The van der Waals surface area contributed by atoms with E-state index in [-0.39, 0.29) is 19.0 Å². The molecule has 0 bridgehead atoms. The molecule has 0 heterocycles. The molecular weight excluding hydrogens is 321 g/mol. The summed E-state index contributed by atoms with van der Waals surface area (Å²) in [4.78, 5) is 11.2. The summed E-state index contributed by atoms with van der Waals surface area (Å²) in [6.07, 6.45) is -7.35. The van der Waals surface area contributed by atoms with Crippen LogP contribution in [-0.4, -0.2) is 18.7 Å². The summed E-state index contributed by atoms with van der Waals surface area (Å²) in [6, 6.07) is -0.486. The van der Waals surface area contributed by atoms with Crippen LogP contribution in [0.25, 0.3) is 0 Å². The van der Waals surface area contributed by atoms with E-state index < -0.39 is 41.3 Å². The first-order chi connectivity index (χ1) is 9.18. The molecule has 0 saturated carbocycles. The Hall–Kier alpha value is -1.41. The fourth-order valence-corrected chi connectivity index (χ4v) is 1.59. The van der Waals surface area contributed by atoms with Crippen molar-refractivity contribution >= 4 is 18.4 Å². The molecule has 0 radical (unpaired) electrons. The minimum absolute atomic E-state index is 0. The highest BCUT2D eigenvalue weighted by Crippen LogP contribution is 2.35. The zero-order chi connectivity index (χ0) is 15.5. The van der Waals surface area contributed by atoms with E-state index in [9.17, 15) is 26.7 Å². The average molecular weight is 334 g/mol. The van der Waals surface area contributed by atoms with Crippen LogP contribution >= 0.6 is 12.4 Å². The van der Waals surface area contributed by atoms with E-state index in [0.717, 1.165) is 0 Å². The molecular formula is C12H13ClF5NO2. The Morgan fingerprint density at radius 3 is 2.43 bits per heavy atom. The molecule has 9 heteroatoms. The van der Waals surface area contributed by atoms with Crippen LogP contribution in [0.1, 0.15) is 24.1 Å². The number of esters is 1. The van der Waals surface area contributed by atoms with Gasteiger partial charge >= 0.3 is 12.1 Å². The largest absolute Gasteiger partial charge is 0.464 e. The second-order valence-electron chi connectivity index (χ2n) is 3.91. The number of nitrogens with two attached hydrogens (primary N) is 1. The first-order valence-corrected chi connectivity index (χ1v) is 5.61. The molecule has 0 amide bonds. The lowest BCUT2D eigenvalue weighted by atomic mass is 9.97. The summed E-state index contributed by atoms with van der Waals surface area (Å²) >= 11 is 0. The minimum atomic E-state index is -4.84. The number of hydrogen-bond donors (Lipinski definition) is 1. The van der Waals surface area contributed by atoms with Crippen LogP contribution in [0.4, 0.5) is 22.0 Å². The third kappa shape index (κ3) is 4.82. The number of hydrogen-bond acceptors (Lipinski definition) is 3. The van der Waals surface area contributed by atoms with E-state index in [2.05, 4.69) is 4.74 Å². The maximum absolute atomic E-state index is 13.7. The summed E-state index contributed by atoms with van der Waals surface area (Å²) in [5, 5.41) is 0. The summed E-state index contributed by atoms with van der Waals surface area (Å²) in [5.74, 6) is -2.41. The van der Waals surface area contributed by atoms with E-state index in [1.807, 2.05) is 0 Å². The van der Waals surface area contributed by atoms with Gasteiger partial charge in [0, 0.05) is 0 Å². The van der Waals surface area contributed by atoms with Crippen molar-refractivity contribution in [3.8, 4) is 0 Å². The molecule has 3 nitrogen and oxygen atoms in total. The molecule has 0 aromatic heterocycles. The fourth-order valence-electron chi connectivity index (χ4n) is 1.59. The lowest BCUT2D eigenvalue weighted by molar-refractivity contribution is -0.150. The number of halogens is 6. The predicted octanol–water partition coefficient (Wildman–Crippen LogP) is 3.17. The van der Waals surface area contributed by atoms with Crippen molar-refractivity contribution in [2.75, 3.05) is 6.61 Å². The van der Waals surface area contributed by atoms with Gasteiger partial charge in [-0.25, -0.2) is 13.6 Å². The summed E-state index contributed by atoms with van der Waals surface area (Å²) in [7, 11) is 0. The zero-order valence-corrected chi connectivity index (χ0v) is 11.6. The van der Waals surface area contributed by atoms with Gasteiger partial charge in [-0.05, 0) is 30.7 Å². The number of rotatable bonds is 4. The summed E-state index contributed by atoms with van der Waals surface area (Å²) < 4.78 is 69.3. The monoisotopic (exact) mass is 333 g/mol. The summed E-state index contributed by atoms with van der Waals surface area (Å²) in [6.45, 7) is 1.25. The highest BCUT2D eigenvalue weighted by atomic mass is 35.5. The highest BCUT2D eigenvalue weighted by molar-refractivity contribution is 5.85. The van der Waals surface area contributed by atoms with Gasteiger partial charge < -0.3 is 10.5 Å². The molecule has 2 atom stereocenters. The first kappa shape index (κ1) is 19.6. The lowest BCUT2D eigenvalue weighted by Gasteiger charge is -2.20. The van der Waals surface area contributed by atoms with Gasteiger partial charge in [-0.2, -0.15) is 13.2 Å². The predicted molar refractivity (Wildman–Crippen MR) is 67.1 cm³/mol. The second kappa shape index (κ2) is 7.56. The van der Waals surface area contributed by atoms with E-state index in [1.54, 1.807) is 0 Å². The highest BCUT2D eigenvalue weighted by Gasteiger charge is 2.38. The van der Waals surface area contributed by atoms with Crippen LogP contribution in [0.5, 0.6) is 0 Å². The molecule has 0 aliphatic carbocycles. The van der Waals surface area contributed by atoms with E-state index in [4.69, 9.17) is 5.73 Å². The smallest absolute Gasteiger partial charge is 0.416 e. The molecule has 1 aromatic carbocycles. The van der Waals surface area contributed by atoms with Crippen LogP contribution in [0.2, 0.25) is 0 Å². The van der Waals surface area contributed by atoms with Crippen LogP contribution in [0.3, 0.4) is 0 Å². The molecule has 0 aliphatic heterocycles. The fraction of sp³-hybridized carbons (Fsp3) is 0.417. The molecule has 2 N–H and O–H groups in total. The van der Waals surface area contributed by atoms with Gasteiger partial charge in [-0.15, -0.1) is 12.4 Å². The van der Waals surface area contributed by atoms with E-state index in [0.29, 0.717) is 18.2 Å². The van der Waals surface area contributed by atoms with Gasteiger partial charge in [0.05, 0.1) is 18.2 Å². The standard InChI is InChI=1S/C12H12F5NO2.ClH/c1-2-20-11(19)9(14)10(18)7-5-6(13)3-4-8(7)12(15,16)17;/h3-5,9-10H,2,18H2,1H3;1H/t9?,10-;/m1./s1. The molecule has 0 fully saturated rings. The molecule has 1 unspecified atom stereocenters. The van der Waals surface area contributed by atoms with Gasteiger partial charge in [0.1, 0.15) is 5.82 Å². The Labute approximate surface area is 123 Å². The SMILES string of the molecule is CCOC(=O)C(F)[C@H](N)c1cc(F)ccc1C(F)(F)F.Cl. The maximum atomic E-state index is 13.7. The Morgan fingerprint density at radius 2 is 1.95 bits per heavy atom. The number of benzene rings is 1. The van der Waals surface area contributed by atoms with E-state index >= 15 is 0 Å². The third-order valence-corrected chi connectivity index (χ3v) is 2.51. The van der Waals surface area contributed by atoms with Crippen molar-refractivity contribution in [1.29, 1.82) is 0 Å². The molecule has 0 spiro atoms. The van der Waals surface area contributed by atoms with Gasteiger partial charge in [0.15, 0.2) is 0 Å². The molecule has 120 valence electrons.